The lowest BCUT2D eigenvalue weighted by Gasteiger charge is -2.10. The fraction of sp³-hybridized carbons (Fsp3) is 0.154. The molecule has 0 aliphatic rings. The summed E-state index contributed by atoms with van der Waals surface area (Å²) in [4.78, 5) is 16.1. The molecule has 3 aromatic heterocycles. The van der Waals surface area contributed by atoms with Gasteiger partial charge in [-0.05, 0) is 22.4 Å². The molecule has 9 heteroatoms. The van der Waals surface area contributed by atoms with E-state index in [0.717, 1.165) is 14.5 Å². The molecule has 0 aliphatic heterocycles. The van der Waals surface area contributed by atoms with Crippen LogP contribution in [0.1, 0.15) is 11.3 Å². The molecule has 0 atom stereocenters. The molecule has 3 aromatic rings. The van der Waals surface area contributed by atoms with Crippen molar-refractivity contribution in [2.45, 2.75) is 6.61 Å². The van der Waals surface area contributed by atoms with Crippen molar-refractivity contribution in [1.82, 2.24) is 35.0 Å². The van der Waals surface area contributed by atoms with Crippen LogP contribution >= 0.6 is 0 Å². The third kappa shape index (κ3) is 2.33. The van der Waals surface area contributed by atoms with Crippen molar-refractivity contribution in [2.75, 3.05) is 0 Å². The summed E-state index contributed by atoms with van der Waals surface area (Å²) >= 11 is 0. The zero-order valence-corrected chi connectivity index (χ0v) is 11.5. The van der Waals surface area contributed by atoms with Gasteiger partial charge in [0.25, 0.3) is 0 Å². The van der Waals surface area contributed by atoms with Gasteiger partial charge in [0.1, 0.15) is 12.3 Å². The average molecular weight is 299 g/mol. The first-order valence-electron chi connectivity index (χ1n) is 6.66. The first-order chi connectivity index (χ1) is 11.1. The number of aromatic amines is 1. The summed E-state index contributed by atoms with van der Waals surface area (Å²) in [5.41, 5.74) is 0.828. The lowest BCUT2D eigenvalue weighted by Crippen LogP contribution is -2.23. The molecule has 0 bridgehead atoms. The van der Waals surface area contributed by atoms with Crippen molar-refractivity contribution in [1.29, 1.82) is 0 Å². The van der Waals surface area contributed by atoms with Crippen molar-refractivity contribution in [3.63, 3.8) is 0 Å². The van der Waals surface area contributed by atoms with Crippen LogP contribution in [0.5, 0.6) is 5.88 Å². The molecule has 0 aromatic carbocycles. The number of H-pyrrole nitrogens is 1. The van der Waals surface area contributed by atoms with Gasteiger partial charge in [0, 0.05) is 31.1 Å². The molecule has 0 aliphatic carbocycles. The number of rotatable bonds is 4. The van der Waals surface area contributed by atoms with Gasteiger partial charge in [-0.1, -0.05) is 0 Å². The summed E-state index contributed by atoms with van der Waals surface area (Å²) in [6.07, 6.45) is 8.37. The highest BCUT2D eigenvalue weighted by atomic mass is 16.5. The van der Waals surface area contributed by atoms with E-state index in [1.54, 1.807) is 6.07 Å². The number of aromatic nitrogens is 7. The van der Waals surface area contributed by atoms with Crippen LogP contribution in [0.25, 0.3) is 5.69 Å². The minimum Gasteiger partial charge on any atom is -0.472 e. The molecule has 22 heavy (non-hydrogen) atoms. The zero-order valence-electron chi connectivity index (χ0n) is 12.5. The molecule has 110 valence electrons. The first kappa shape index (κ1) is 12.3. The van der Waals surface area contributed by atoms with Crippen LogP contribution in [0, 0.1) is 12.3 Å². The van der Waals surface area contributed by atoms with Gasteiger partial charge in [-0.3, -0.25) is 5.09 Å². The zero-order chi connectivity index (χ0) is 16.4. The van der Waals surface area contributed by atoms with Crippen LogP contribution in [0.3, 0.4) is 0 Å². The van der Waals surface area contributed by atoms with Gasteiger partial charge in [-0.15, -0.1) is 11.5 Å². The Bertz CT molecular complexity index is 950. The van der Waals surface area contributed by atoms with E-state index in [1.165, 1.54) is 25.5 Å². The maximum Gasteiger partial charge on any atom is 0.368 e. The van der Waals surface area contributed by atoms with Crippen molar-refractivity contribution >= 4 is 0 Å². The highest BCUT2D eigenvalue weighted by Crippen LogP contribution is 2.17. The van der Waals surface area contributed by atoms with Gasteiger partial charge in [0.2, 0.25) is 5.88 Å². The molecule has 3 heterocycles. The van der Waals surface area contributed by atoms with E-state index in [0.29, 0.717) is 16.9 Å². The van der Waals surface area contributed by atoms with Crippen molar-refractivity contribution in [3.8, 4) is 23.9 Å². The number of aryl methyl sites for hydroxylation is 1. The number of ether oxygens (including phenoxy) is 1. The van der Waals surface area contributed by atoms with E-state index >= 15 is 0 Å². The Labute approximate surface area is 126 Å². The van der Waals surface area contributed by atoms with E-state index in [2.05, 4.69) is 26.4 Å². The number of tetrazole rings is 1. The number of hydrogen-bond acceptors (Lipinski definition) is 6. The van der Waals surface area contributed by atoms with E-state index < -0.39 is 5.69 Å². The molecule has 9 nitrogen and oxygen atoms in total. The van der Waals surface area contributed by atoms with Crippen LogP contribution in [-0.4, -0.2) is 35.0 Å². The SMILES string of the molecule is [3H]n1ccc(OCc2c(-n3nnn(C)c3=O)ccnc2C#C)n1. The lowest BCUT2D eigenvalue weighted by molar-refractivity contribution is 0.292. The second kappa shape index (κ2) is 5.53. The van der Waals surface area contributed by atoms with Crippen LogP contribution in [-0.2, 0) is 13.7 Å². The number of nitrogens with one attached hydrogen (secondary N) is 1. The Morgan fingerprint density at radius 1 is 1.50 bits per heavy atom. The van der Waals surface area contributed by atoms with E-state index in [4.69, 9.17) is 12.6 Å². The molecular formula is C13H11N7O2. The Kier molecular flexibility index (Phi) is 3.10. The monoisotopic (exact) mass is 299 g/mol. The van der Waals surface area contributed by atoms with Gasteiger partial charge >= 0.3 is 5.69 Å². The third-order valence-electron chi connectivity index (χ3n) is 2.92. The average Bonchev–Trinajstić information content (AvgIpc) is 3.11. The highest BCUT2D eigenvalue weighted by molar-refractivity contribution is 5.47. The summed E-state index contributed by atoms with van der Waals surface area (Å²) in [5.74, 6) is 2.70. The number of nitrogens with zero attached hydrogens (tertiary/aromatic N) is 6. The fourth-order valence-electron chi connectivity index (χ4n) is 1.86. The predicted octanol–water partition coefficient (Wildman–Crippen LogP) is -0.356. The second-order valence-electron chi connectivity index (χ2n) is 4.26. The normalized spacial score (nSPS) is 11.0. The largest absolute Gasteiger partial charge is 0.472 e. The Balaban J connectivity index is 2.02. The molecule has 1 N–H and O–H groups in total. The number of pyridine rings is 1. The number of terminal acetylenes is 1. The molecule has 0 radical (unpaired) electrons. The molecular weight excluding hydrogens is 286 g/mol. The van der Waals surface area contributed by atoms with Crippen molar-refractivity contribution in [3.05, 3.63) is 46.3 Å². The predicted molar refractivity (Wildman–Crippen MR) is 75.2 cm³/mol. The first-order valence-corrected chi connectivity index (χ1v) is 6.21. The van der Waals surface area contributed by atoms with Crippen LogP contribution < -0.4 is 10.4 Å². The Morgan fingerprint density at radius 2 is 2.36 bits per heavy atom. The summed E-state index contributed by atoms with van der Waals surface area (Å²) in [6, 6.07) is 3.13. The Hall–Kier alpha value is -3.41. The molecule has 0 saturated carbocycles. The van der Waals surface area contributed by atoms with Gasteiger partial charge < -0.3 is 4.74 Å². The van der Waals surface area contributed by atoms with Crippen LogP contribution in [0.2, 0.25) is 1.41 Å². The summed E-state index contributed by atoms with van der Waals surface area (Å²) in [5, 5.41) is 12.1. The Morgan fingerprint density at radius 3 is 3.00 bits per heavy atom. The maximum absolute atomic E-state index is 12.0. The molecule has 0 fully saturated rings. The van der Waals surface area contributed by atoms with Crippen molar-refractivity contribution in [2.24, 2.45) is 7.05 Å². The molecule has 3 rings (SSSR count). The van der Waals surface area contributed by atoms with Gasteiger partial charge in [-0.25, -0.2) is 9.78 Å². The molecule has 0 saturated heterocycles. The topological polar surface area (TPSA) is 104 Å². The van der Waals surface area contributed by atoms with Gasteiger partial charge in [0.15, 0.2) is 1.41 Å². The summed E-state index contributed by atoms with van der Waals surface area (Å²) < 4.78 is 15.0. The summed E-state index contributed by atoms with van der Waals surface area (Å²) in [6.45, 7) is 0.0166. The number of hydrogen-bond donors (Lipinski definition) is 1. The highest BCUT2D eigenvalue weighted by Gasteiger charge is 2.15. The summed E-state index contributed by atoms with van der Waals surface area (Å²) in [7, 11) is 1.49. The minimum atomic E-state index is -0.421. The standard InChI is InChI=1S/C13H11N7O2/c1-3-10-9(8-22-12-5-7-15-16-12)11(4-6-14-10)20-13(21)19(2)17-18-20/h1,4-7H,8H2,2H3,(H,15,16)/i/hT. The van der Waals surface area contributed by atoms with Gasteiger partial charge in [-0.2, -0.15) is 9.36 Å². The van der Waals surface area contributed by atoms with Crippen LogP contribution in [0.15, 0.2) is 29.3 Å². The van der Waals surface area contributed by atoms with E-state index in [-0.39, 0.29) is 12.5 Å². The minimum absolute atomic E-state index is 0.0166. The molecule has 0 amide bonds. The van der Waals surface area contributed by atoms with E-state index in [1.807, 2.05) is 0 Å². The van der Waals surface area contributed by atoms with Crippen molar-refractivity contribution < 1.29 is 6.15 Å². The quantitative estimate of drug-likeness (QED) is 0.660. The smallest absolute Gasteiger partial charge is 0.368 e. The molecule has 0 unspecified atom stereocenters. The van der Waals surface area contributed by atoms with Gasteiger partial charge in [0.05, 0.1) is 5.69 Å². The fourth-order valence-corrected chi connectivity index (χ4v) is 1.86. The maximum atomic E-state index is 12.0. The van der Waals surface area contributed by atoms with E-state index in [9.17, 15) is 4.79 Å². The second-order valence-corrected chi connectivity index (χ2v) is 4.26. The third-order valence-corrected chi connectivity index (χ3v) is 2.92. The molecule has 0 spiro atoms. The lowest BCUT2D eigenvalue weighted by atomic mass is 10.1. The van der Waals surface area contributed by atoms with Crippen LogP contribution in [0.4, 0.5) is 0 Å².